The molecule has 0 radical (unpaired) electrons. The van der Waals surface area contributed by atoms with Gasteiger partial charge >= 0.3 is 0 Å². The molecule has 0 unspecified atom stereocenters. The number of rotatable bonds is 6. The van der Waals surface area contributed by atoms with Crippen LogP contribution in [0.3, 0.4) is 0 Å². The van der Waals surface area contributed by atoms with Gasteiger partial charge in [-0.3, -0.25) is 0 Å². The highest BCUT2D eigenvalue weighted by molar-refractivity contribution is 9.10. The van der Waals surface area contributed by atoms with E-state index in [4.69, 9.17) is 9.47 Å². The summed E-state index contributed by atoms with van der Waals surface area (Å²) in [5, 5.41) is 5.50. The van der Waals surface area contributed by atoms with E-state index in [2.05, 4.69) is 32.7 Å². The van der Waals surface area contributed by atoms with Crippen LogP contribution in [-0.4, -0.2) is 14.2 Å². The van der Waals surface area contributed by atoms with E-state index in [-0.39, 0.29) is 0 Å². The van der Waals surface area contributed by atoms with E-state index in [1.807, 2.05) is 18.2 Å². The molecule has 1 aromatic carbocycles. The molecule has 0 amide bonds. The largest absolute Gasteiger partial charge is 0.497 e. The summed E-state index contributed by atoms with van der Waals surface area (Å²) >= 11 is 5.20. The summed E-state index contributed by atoms with van der Waals surface area (Å²) in [6.45, 7) is 1.64. The second-order valence-corrected chi connectivity index (χ2v) is 5.97. The lowest BCUT2D eigenvalue weighted by molar-refractivity contribution is 0.393. The first-order valence-electron chi connectivity index (χ1n) is 5.87. The van der Waals surface area contributed by atoms with Crippen LogP contribution in [0.4, 0.5) is 0 Å². The molecular formula is C14H16BrNO2S. The van der Waals surface area contributed by atoms with Gasteiger partial charge in [0.2, 0.25) is 0 Å². The van der Waals surface area contributed by atoms with Gasteiger partial charge in [0.25, 0.3) is 0 Å². The molecule has 1 heterocycles. The molecule has 5 heteroatoms. The molecule has 0 bridgehead atoms. The maximum absolute atomic E-state index is 5.25. The second-order valence-electron chi connectivity index (χ2n) is 4.06. The number of methoxy groups -OCH3 is 2. The molecule has 0 aliphatic heterocycles. The first-order chi connectivity index (χ1) is 9.21. The Morgan fingerprint density at radius 2 is 1.74 bits per heavy atom. The molecule has 0 spiro atoms. The van der Waals surface area contributed by atoms with E-state index in [0.29, 0.717) is 0 Å². The standard InChI is InChI=1S/C14H16BrNO2S/c1-17-12-3-10(4-13(6-12)18-2)7-16-8-14-5-11(15)9-19-14/h3-6,9,16H,7-8H2,1-2H3. The second kappa shape index (κ2) is 6.93. The zero-order valence-corrected chi connectivity index (χ0v) is 13.3. The Balaban J connectivity index is 1.95. The molecule has 1 aromatic heterocycles. The van der Waals surface area contributed by atoms with Crippen LogP contribution >= 0.6 is 27.3 Å². The van der Waals surface area contributed by atoms with E-state index >= 15 is 0 Å². The van der Waals surface area contributed by atoms with Crippen molar-refractivity contribution >= 4 is 27.3 Å². The summed E-state index contributed by atoms with van der Waals surface area (Å²) < 4.78 is 11.6. The highest BCUT2D eigenvalue weighted by Gasteiger charge is 2.02. The molecule has 0 aliphatic rings. The van der Waals surface area contributed by atoms with Crippen LogP contribution in [0.25, 0.3) is 0 Å². The fourth-order valence-corrected chi connectivity index (χ4v) is 3.17. The van der Waals surface area contributed by atoms with Crippen LogP contribution in [0.2, 0.25) is 0 Å². The van der Waals surface area contributed by atoms with Crippen molar-refractivity contribution in [1.82, 2.24) is 5.32 Å². The van der Waals surface area contributed by atoms with Crippen LogP contribution < -0.4 is 14.8 Å². The van der Waals surface area contributed by atoms with Gasteiger partial charge in [-0.25, -0.2) is 0 Å². The number of benzene rings is 1. The smallest absolute Gasteiger partial charge is 0.122 e. The topological polar surface area (TPSA) is 30.5 Å². The Bertz CT molecular complexity index is 520. The first kappa shape index (κ1) is 14.4. The average molecular weight is 342 g/mol. The molecule has 1 N–H and O–H groups in total. The van der Waals surface area contributed by atoms with Crippen molar-refractivity contribution in [3.8, 4) is 11.5 Å². The van der Waals surface area contributed by atoms with E-state index in [0.717, 1.165) is 34.6 Å². The molecular weight excluding hydrogens is 326 g/mol. The molecule has 19 heavy (non-hydrogen) atoms. The fourth-order valence-electron chi connectivity index (χ4n) is 1.74. The number of nitrogens with one attached hydrogen (secondary N) is 1. The van der Waals surface area contributed by atoms with Gasteiger partial charge < -0.3 is 14.8 Å². The molecule has 0 atom stereocenters. The van der Waals surface area contributed by atoms with E-state index in [1.54, 1.807) is 25.6 Å². The lowest BCUT2D eigenvalue weighted by Gasteiger charge is -2.09. The van der Waals surface area contributed by atoms with Gasteiger partial charge in [0.15, 0.2) is 0 Å². The first-order valence-corrected chi connectivity index (χ1v) is 7.54. The molecule has 3 nitrogen and oxygen atoms in total. The molecule has 102 valence electrons. The Hall–Kier alpha value is -1.04. The van der Waals surface area contributed by atoms with Gasteiger partial charge in [-0.2, -0.15) is 0 Å². The minimum absolute atomic E-state index is 0.781. The number of hydrogen-bond acceptors (Lipinski definition) is 4. The summed E-state index contributed by atoms with van der Waals surface area (Å²) in [7, 11) is 3.32. The Morgan fingerprint density at radius 3 is 2.26 bits per heavy atom. The Morgan fingerprint density at radius 1 is 1.05 bits per heavy atom. The fraction of sp³-hybridized carbons (Fsp3) is 0.286. The Kier molecular flexibility index (Phi) is 5.24. The quantitative estimate of drug-likeness (QED) is 0.866. The van der Waals surface area contributed by atoms with Gasteiger partial charge in [-0.15, -0.1) is 11.3 Å². The van der Waals surface area contributed by atoms with Gasteiger partial charge in [-0.05, 0) is 39.7 Å². The molecule has 0 aliphatic carbocycles. The highest BCUT2D eigenvalue weighted by Crippen LogP contribution is 2.23. The van der Waals surface area contributed by atoms with E-state index in [9.17, 15) is 0 Å². The third-order valence-electron chi connectivity index (χ3n) is 2.66. The third-order valence-corrected chi connectivity index (χ3v) is 4.36. The lowest BCUT2D eigenvalue weighted by Crippen LogP contribution is -2.11. The third kappa shape index (κ3) is 4.23. The number of halogens is 1. The number of ether oxygens (including phenoxy) is 2. The van der Waals surface area contributed by atoms with Crippen LogP contribution in [0.1, 0.15) is 10.4 Å². The van der Waals surface area contributed by atoms with Gasteiger partial charge in [-0.1, -0.05) is 0 Å². The number of thiophene rings is 1. The van der Waals surface area contributed by atoms with Crippen molar-refractivity contribution in [3.63, 3.8) is 0 Å². The summed E-state index contributed by atoms with van der Waals surface area (Å²) in [5.74, 6) is 1.63. The zero-order chi connectivity index (χ0) is 13.7. The monoisotopic (exact) mass is 341 g/mol. The number of hydrogen-bond donors (Lipinski definition) is 1. The molecule has 0 fully saturated rings. The van der Waals surface area contributed by atoms with Crippen LogP contribution in [0, 0.1) is 0 Å². The van der Waals surface area contributed by atoms with Crippen molar-refractivity contribution in [2.24, 2.45) is 0 Å². The maximum atomic E-state index is 5.25. The summed E-state index contributed by atoms with van der Waals surface area (Å²) in [6, 6.07) is 8.03. The van der Waals surface area contributed by atoms with E-state index < -0.39 is 0 Å². The van der Waals surface area contributed by atoms with Crippen molar-refractivity contribution in [2.45, 2.75) is 13.1 Å². The van der Waals surface area contributed by atoms with Crippen molar-refractivity contribution < 1.29 is 9.47 Å². The van der Waals surface area contributed by atoms with Gasteiger partial charge in [0.05, 0.1) is 14.2 Å². The average Bonchev–Trinajstić information content (AvgIpc) is 2.84. The predicted molar refractivity (Wildman–Crippen MR) is 82.1 cm³/mol. The SMILES string of the molecule is COc1cc(CNCc2cc(Br)cs2)cc(OC)c1. The molecule has 2 aromatic rings. The molecule has 0 saturated heterocycles. The summed E-state index contributed by atoms with van der Waals surface area (Å²) in [5.41, 5.74) is 1.15. The minimum Gasteiger partial charge on any atom is -0.497 e. The van der Waals surface area contributed by atoms with Crippen LogP contribution in [-0.2, 0) is 13.1 Å². The summed E-state index contributed by atoms with van der Waals surface area (Å²) in [4.78, 5) is 1.31. The highest BCUT2D eigenvalue weighted by atomic mass is 79.9. The molecule has 2 rings (SSSR count). The van der Waals surface area contributed by atoms with Crippen LogP contribution in [0.5, 0.6) is 11.5 Å². The van der Waals surface area contributed by atoms with Crippen molar-refractivity contribution in [2.75, 3.05) is 14.2 Å². The predicted octanol–water partition coefficient (Wildman–Crippen LogP) is 3.82. The Labute approximate surface area is 125 Å². The maximum Gasteiger partial charge on any atom is 0.122 e. The zero-order valence-electron chi connectivity index (χ0n) is 10.9. The minimum atomic E-state index is 0.781. The van der Waals surface area contributed by atoms with Gasteiger partial charge in [0.1, 0.15) is 11.5 Å². The lowest BCUT2D eigenvalue weighted by atomic mass is 10.2. The van der Waals surface area contributed by atoms with E-state index in [1.165, 1.54) is 4.88 Å². The van der Waals surface area contributed by atoms with Crippen molar-refractivity contribution in [3.05, 3.63) is 44.6 Å². The van der Waals surface area contributed by atoms with Gasteiger partial charge in [0, 0.05) is 33.9 Å². The summed E-state index contributed by atoms with van der Waals surface area (Å²) in [6.07, 6.45) is 0. The molecule has 0 saturated carbocycles. The van der Waals surface area contributed by atoms with Crippen molar-refractivity contribution in [1.29, 1.82) is 0 Å². The normalized spacial score (nSPS) is 10.5. The van der Waals surface area contributed by atoms with Crippen LogP contribution in [0.15, 0.2) is 34.1 Å².